The van der Waals surface area contributed by atoms with Gasteiger partial charge in [-0.2, -0.15) is 0 Å². The Kier molecular flexibility index (Phi) is 6.36. The quantitative estimate of drug-likeness (QED) is 0.524. The zero-order chi connectivity index (χ0) is 20.9. The summed E-state index contributed by atoms with van der Waals surface area (Å²) in [6.45, 7) is 1.78. The van der Waals surface area contributed by atoms with Crippen LogP contribution in [-0.2, 0) is 10.0 Å². The summed E-state index contributed by atoms with van der Waals surface area (Å²) in [7, 11) is -3.69. The maximum atomic E-state index is 12.4. The molecule has 0 fully saturated rings. The molecule has 0 aliphatic carbocycles. The minimum absolute atomic E-state index is 0.158. The van der Waals surface area contributed by atoms with E-state index in [1.54, 1.807) is 37.3 Å². The summed E-state index contributed by atoms with van der Waals surface area (Å²) in [6, 6.07) is 17.2. The van der Waals surface area contributed by atoms with E-state index in [0.29, 0.717) is 23.4 Å². The van der Waals surface area contributed by atoms with E-state index in [2.05, 4.69) is 10.0 Å². The third-order valence-corrected chi connectivity index (χ3v) is 5.68. The van der Waals surface area contributed by atoms with Crippen LogP contribution in [0.5, 0.6) is 0 Å². The number of furan rings is 1. The second kappa shape index (κ2) is 8.93. The molecule has 3 aromatic rings. The first-order chi connectivity index (χ1) is 13.8. The molecule has 3 N–H and O–H groups in total. The number of anilines is 1. The molecule has 1 heterocycles. The number of aliphatic hydroxyl groups is 1. The number of benzene rings is 2. The van der Waals surface area contributed by atoms with Crippen LogP contribution in [0.2, 0.25) is 0 Å². The van der Waals surface area contributed by atoms with E-state index < -0.39 is 16.1 Å². The summed E-state index contributed by atoms with van der Waals surface area (Å²) in [5.74, 6) is 0.128. The molecule has 1 aromatic heterocycles. The average Bonchev–Trinajstić information content (AvgIpc) is 3.24. The van der Waals surface area contributed by atoms with Gasteiger partial charge in [-0.3, -0.25) is 9.52 Å². The highest BCUT2D eigenvalue weighted by Crippen LogP contribution is 2.19. The van der Waals surface area contributed by atoms with Gasteiger partial charge >= 0.3 is 0 Å². The Balaban J connectivity index is 1.58. The minimum Gasteiger partial charge on any atom is -0.467 e. The zero-order valence-electron chi connectivity index (χ0n) is 15.8. The minimum atomic E-state index is -3.69. The lowest BCUT2D eigenvalue weighted by molar-refractivity contribution is 0.0903. The molecule has 0 aliphatic rings. The summed E-state index contributed by atoms with van der Waals surface area (Å²) in [6.07, 6.45) is 0.971. The van der Waals surface area contributed by atoms with Crippen molar-refractivity contribution in [2.45, 2.75) is 30.4 Å². The van der Waals surface area contributed by atoms with Crippen LogP contribution in [0.25, 0.3) is 0 Å². The van der Waals surface area contributed by atoms with Crippen LogP contribution in [-0.4, -0.2) is 25.5 Å². The van der Waals surface area contributed by atoms with Crippen LogP contribution in [0, 0.1) is 0 Å². The predicted molar refractivity (Wildman–Crippen MR) is 109 cm³/mol. The first-order valence-electron chi connectivity index (χ1n) is 9.05. The maximum Gasteiger partial charge on any atom is 0.261 e. The van der Waals surface area contributed by atoms with Gasteiger partial charge in [0.1, 0.15) is 11.9 Å². The fraction of sp³-hybridized carbons (Fsp3) is 0.190. The number of carbonyl (C=O) groups is 1. The van der Waals surface area contributed by atoms with E-state index in [0.717, 1.165) is 0 Å². The lowest BCUT2D eigenvalue weighted by Gasteiger charge is -2.17. The molecular formula is C21H22N2O5S. The number of hydrogen-bond acceptors (Lipinski definition) is 5. The molecule has 0 saturated carbocycles. The molecule has 29 heavy (non-hydrogen) atoms. The van der Waals surface area contributed by atoms with Crippen molar-refractivity contribution in [3.05, 3.63) is 84.3 Å². The fourth-order valence-electron chi connectivity index (χ4n) is 2.80. The zero-order valence-corrected chi connectivity index (χ0v) is 16.6. The Morgan fingerprint density at radius 3 is 2.34 bits per heavy atom. The monoisotopic (exact) mass is 414 g/mol. The highest BCUT2D eigenvalue weighted by Gasteiger charge is 2.18. The lowest BCUT2D eigenvalue weighted by atomic mass is 10.1. The van der Waals surface area contributed by atoms with Crippen molar-refractivity contribution in [1.82, 2.24) is 5.32 Å². The van der Waals surface area contributed by atoms with Crippen LogP contribution in [0.15, 0.2) is 82.3 Å². The van der Waals surface area contributed by atoms with Crippen LogP contribution < -0.4 is 10.0 Å². The Labute approximate surface area is 169 Å². The van der Waals surface area contributed by atoms with Crippen molar-refractivity contribution in [2.24, 2.45) is 0 Å². The average molecular weight is 414 g/mol. The fourth-order valence-corrected chi connectivity index (χ4v) is 3.88. The largest absolute Gasteiger partial charge is 0.467 e. The highest BCUT2D eigenvalue weighted by atomic mass is 32.2. The summed E-state index contributed by atoms with van der Waals surface area (Å²) in [5, 5.41) is 12.9. The van der Waals surface area contributed by atoms with E-state index >= 15 is 0 Å². The normalized spacial score (nSPS) is 13.4. The van der Waals surface area contributed by atoms with Crippen molar-refractivity contribution in [1.29, 1.82) is 0 Å². The van der Waals surface area contributed by atoms with Crippen LogP contribution in [0.4, 0.5) is 5.69 Å². The van der Waals surface area contributed by atoms with Crippen molar-refractivity contribution < 1.29 is 22.7 Å². The first-order valence-corrected chi connectivity index (χ1v) is 10.5. The van der Waals surface area contributed by atoms with E-state index in [1.165, 1.54) is 42.7 Å². The second-order valence-electron chi connectivity index (χ2n) is 6.64. The van der Waals surface area contributed by atoms with Crippen LogP contribution in [0.1, 0.15) is 35.6 Å². The summed E-state index contributed by atoms with van der Waals surface area (Å²) in [4.78, 5) is 12.5. The Bertz CT molecular complexity index is 1030. The third kappa shape index (κ3) is 5.46. The molecule has 2 aromatic carbocycles. The third-order valence-electron chi connectivity index (χ3n) is 4.28. The molecule has 1 amide bonds. The molecule has 3 rings (SSSR count). The SMILES string of the molecule is C[C@H](C[C@@H](O)c1ccco1)NC(=O)c1ccc(NS(=O)(=O)c2ccccc2)cc1. The smallest absolute Gasteiger partial charge is 0.261 e. The van der Waals surface area contributed by atoms with Gasteiger partial charge in [-0.1, -0.05) is 18.2 Å². The van der Waals surface area contributed by atoms with Crippen molar-refractivity contribution in [3.8, 4) is 0 Å². The molecule has 0 unspecified atom stereocenters. The van der Waals surface area contributed by atoms with E-state index in [1.807, 2.05) is 0 Å². The van der Waals surface area contributed by atoms with Gasteiger partial charge in [0, 0.05) is 23.7 Å². The lowest BCUT2D eigenvalue weighted by Crippen LogP contribution is -2.33. The molecule has 0 aliphatic heterocycles. The molecule has 0 radical (unpaired) electrons. The molecule has 152 valence electrons. The van der Waals surface area contributed by atoms with Gasteiger partial charge in [-0.25, -0.2) is 8.42 Å². The molecular weight excluding hydrogens is 392 g/mol. The van der Waals surface area contributed by atoms with E-state index in [-0.39, 0.29) is 16.8 Å². The number of aliphatic hydroxyl groups excluding tert-OH is 1. The highest BCUT2D eigenvalue weighted by molar-refractivity contribution is 7.92. The molecule has 2 atom stereocenters. The first kappa shape index (κ1) is 20.6. The Morgan fingerprint density at radius 1 is 1.03 bits per heavy atom. The number of rotatable bonds is 8. The molecule has 8 heteroatoms. The Hall–Kier alpha value is -3.10. The van der Waals surface area contributed by atoms with Crippen LogP contribution in [0.3, 0.4) is 0 Å². The van der Waals surface area contributed by atoms with Crippen molar-refractivity contribution in [3.63, 3.8) is 0 Å². The van der Waals surface area contributed by atoms with Gasteiger partial charge in [0.2, 0.25) is 0 Å². The van der Waals surface area contributed by atoms with E-state index in [9.17, 15) is 18.3 Å². The van der Waals surface area contributed by atoms with Gasteiger partial charge in [0.05, 0.1) is 11.2 Å². The second-order valence-corrected chi connectivity index (χ2v) is 8.32. The number of amides is 1. The van der Waals surface area contributed by atoms with Gasteiger partial charge in [0.25, 0.3) is 15.9 Å². The molecule has 0 saturated heterocycles. The van der Waals surface area contributed by atoms with Gasteiger partial charge in [0.15, 0.2) is 0 Å². The number of carbonyl (C=O) groups excluding carboxylic acids is 1. The Morgan fingerprint density at radius 2 is 1.72 bits per heavy atom. The van der Waals surface area contributed by atoms with E-state index in [4.69, 9.17) is 4.42 Å². The summed E-state index contributed by atoms with van der Waals surface area (Å²) in [5.41, 5.74) is 0.735. The van der Waals surface area contributed by atoms with Gasteiger partial charge in [-0.05, 0) is 55.5 Å². The standard InChI is InChI=1S/C21H22N2O5S/c1-15(14-19(24)20-8-5-13-28-20)22-21(25)16-9-11-17(12-10-16)23-29(26,27)18-6-3-2-4-7-18/h2-13,15,19,23-24H,14H2,1H3,(H,22,25)/t15-,19-/m1/s1. The maximum absolute atomic E-state index is 12.4. The predicted octanol–water partition coefficient (Wildman–Crippen LogP) is 3.32. The molecule has 0 spiro atoms. The topological polar surface area (TPSA) is 109 Å². The number of hydrogen-bond donors (Lipinski definition) is 3. The van der Waals surface area contributed by atoms with Crippen molar-refractivity contribution >= 4 is 21.6 Å². The van der Waals surface area contributed by atoms with Gasteiger partial charge < -0.3 is 14.8 Å². The number of sulfonamides is 1. The molecule has 0 bridgehead atoms. The molecule has 7 nitrogen and oxygen atoms in total. The van der Waals surface area contributed by atoms with Gasteiger partial charge in [-0.15, -0.1) is 0 Å². The summed E-state index contributed by atoms with van der Waals surface area (Å²) < 4.78 is 32.3. The number of nitrogens with one attached hydrogen (secondary N) is 2. The van der Waals surface area contributed by atoms with Crippen molar-refractivity contribution in [2.75, 3.05) is 4.72 Å². The summed E-state index contributed by atoms with van der Waals surface area (Å²) >= 11 is 0. The van der Waals surface area contributed by atoms with Crippen LogP contribution >= 0.6 is 0 Å².